The zero-order valence-electron chi connectivity index (χ0n) is 6.52. The summed E-state index contributed by atoms with van der Waals surface area (Å²) in [4.78, 5) is 0. The summed E-state index contributed by atoms with van der Waals surface area (Å²) in [6.45, 7) is 5.82. The van der Waals surface area contributed by atoms with Gasteiger partial charge in [0.25, 0.3) is 0 Å². The van der Waals surface area contributed by atoms with Gasteiger partial charge >= 0.3 is 0 Å². The van der Waals surface area contributed by atoms with Crippen molar-refractivity contribution in [3.63, 3.8) is 0 Å². The maximum atomic E-state index is 3.70. The van der Waals surface area contributed by atoms with Gasteiger partial charge in [0, 0.05) is 20.1 Å². The van der Waals surface area contributed by atoms with E-state index in [0.29, 0.717) is 6.04 Å². The van der Waals surface area contributed by atoms with Crippen molar-refractivity contribution in [1.82, 2.24) is 10.4 Å². The first kappa shape index (κ1) is 8.66. The highest BCUT2D eigenvalue weighted by Gasteiger charge is 1.98. The Bertz CT molecular complexity index is 79.0. The summed E-state index contributed by atoms with van der Waals surface area (Å²) in [6, 6.07) is 0.417. The fourth-order valence-electron chi connectivity index (χ4n) is 0.642. The molecule has 0 heterocycles. The molecule has 1 N–H and O–H groups in total. The first-order valence-electron chi connectivity index (χ1n) is 3.26. The van der Waals surface area contributed by atoms with Gasteiger partial charge in [-0.3, -0.25) is 5.01 Å². The highest BCUT2D eigenvalue weighted by Crippen LogP contribution is 1.90. The minimum Gasteiger partial charge on any atom is -0.250 e. The number of nitrogens with one attached hydrogen (secondary N) is 1. The van der Waals surface area contributed by atoms with Crippen LogP contribution in [0.3, 0.4) is 0 Å². The van der Waals surface area contributed by atoms with Crippen LogP contribution in [-0.2, 0) is 0 Å². The van der Waals surface area contributed by atoms with Gasteiger partial charge in [-0.05, 0) is 6.42 Å². The Morgan fingerprint density at radius 2 is 2.22 bits per heavy atom. The van der Waals surface area contributed by atoms with E-state index in [9.17, 15) is 0 Å². The van der Waals surface area contributed by atoms with Gasteiger partial charge in [0.15, 0.2) is 0 Å². The van der Waals surface area contributed by atoms with E-state index < -0.39 is 0 Å². The van der Waals surface area contributed by atoms with Crippen LogP contribution in [0.1, 0.15) is 13.3 Å². The van der Waals surface area contributed by atoms with E-state index in [1.807, 2.05) is 25.2 Å². The molecule has 0 aliphatic rings. The molecule has 0 saturated heterocycles. The summed E-state index contributed by atoms with van der Waals surface area (Å²) >= 11 is 0. The van der Waals surface area contributed by atoms with Crippen LogP contribution < -0.4 is 5.43 Å². The van der Waals surface area contributed by atoms with Crippen LogP contribution in [0.15, 0.2) is 12.7 Å². The molecule has 9 heavy (non-hydrogen) atoms. The van der Waals surface area contributed by atoms with E-state index in [2.05, 4.69) is 18.9 Å². The van der Waals surface area contributed by atoms with Gasteiger partial charge in [-0.1, -0.05) is 13.0 Å². The molecule has 54 valence electrons. The Kier molecular flexibility index (Phi) is 4.36. The van der Waals surface area contributed by atoms with Crippen molar-refractivity contribution in [2.75, 3.05) is 14.1 Å². The second-order valence-electron chi connectivity index (χ2n) is 2.27. The molecule has 0 amide bonds. The second kappa shape index (κ2) is 4.53. The molecule has 0 rings (SSSR count). The van der Waals surface area contributed by atoms with Crippen LogP contribution in [0.25, 0.3) is 0 Å². The van der Waals surface area contributed by atoms with Crippen molar-refractivity contribution in [3.8, 4) is 0 Å². The molecule has 1 unspecified atom stereocenters. The fraction of sp³-hybridized carbons (Fsp3) is 0.714. The average Bonchev–Trinajstić information content (AvgIpc) is 1.82. The molecule has 0 bridgehead atoms. The van der Waals surface area contributed by atoms with E-state index in [1.54, 1.807) is 0 Å². The summed E-state index contributed by atoms with van der Waals surface area (Å²) in [5, 5.41) is 1.94. The third-order valence-electron chi connectivity index (χ3n) is 1.15. The van der Waals surface area contributed by atoms with Crippen LogP contribution in [0.5, 0.6) is 0 Å². The largest absolute Gasteiger partial charge is 0.250 e. The number of hydrogen-bond acceptors (Lipinski definition) is 2. The van der Waals surface area contributed by atoms with Crippen LogP contribution >= 0.6 is 0 Å². The molecule has 0 saturated carbocycles. The van der Waals surface area contributed by atoms with Gasteiger partial charge in [-0.2, -0.15) is 0 Å². The average molecular weight is 128 g/mol. The van der Waals surface area contributed by atoms with Gasteiger partial charge in [-0.15, -0.1) is 6.58 Å². The molecule has 2 heteroatoms. The SMILES string of the molecule is C=CC(CC)NN(C)C. The Labute approximate surface area is 57.5 Å². The zero-order valence-corrected chi connectivity index (χ0v) is 6.52. The third-order valence-corrected chi connectivity index (χ3v) is 1.15. The monoisotopic (exact) mass is 128 g/mol. The van der Waals surface area contributed by atoms with Crippen molar-refractivity contribution in [1.29, 1.82) is 0 Å². The smallest absolute Gasteiger partial charge is 0.0389 e. The van der Waals surface area contributed by atoms with Crippen LogP contribution in [0, 0.1) is 0 Å². The Balaban J connectivity index is 3.42. The standard InChI is InChI=1S/C7H16N2/c1-5-7(6-2)8-9(3)4/h5,7-8H,1,6H2,2-4H3. The highest BCUT2D eigenvalue weighted by atomic mass is 15.5. The third kappa shape index (κ3) is 4.18. The molecule has 1 atom stereocenters. The normalized spacial score (nSPS) is 13.8. The van der Waals surface area contributed by atoms with E-state index in [4.69, 9.17) is 0 Å². The summed E-state index contributed by atoms with van der Waals surface area (Å²) in [7, 11) is 3.96. The molecular formula is C7H16N2. The molecule has 0 aliphatic carbocycles. The lowest BCUT2D eigenvalue weighted by atomic mass is 10.2. The van der Waals surface area contributed by atoms with Crippen molar-refractivity contribution in [2.24, 2.45) is 0 Å². The first-order chi connectivity index (χ1) is 4.20. The van der Waals surface area contributed by atoms with Crippen molar-refractivity contribution >= 4 is 0 Å². The maximum Gasteiger partial charge on any atom is 0.0389 e. The lowest BCUT2D eigenvalue weighted by Gasteiger charge is -2.17. The van der Waals surface area contributed by atoms with E-state index >= 15 is 0 Å². The molecule has 0 fully saturated rings. The van der Waals surface area contributed by atoms with Gasteiger partial charge in [-0.25, -0.2) is 5.43 Å². The van der Waals surface area contributed by atoms with Crippen LogP contribution in [-0.4, -0.2) is 25.1 Å². The minimum absolute atomic E-state index is 0.417. The molecular weight excluding hydrogens is 112 g/mol. The lowest BCUT2D eigenvalue weighted by Crippen LogP contribution is -2.37. The predicted octanol–water partition coefficient (Wildman–Crippen LogP) is 1.02. The molecule has 0 aromatic rings. The number of rotatable bonds is 4. The van der Waals surface area contributed by atoms with Crippen molar-refractivity contribution in [3.05, 3.63) is 12.7 Å². The Morgan fingerprint density at radius 3 is 2.33 bits per heavy atom. The molecule has 2 nitrogen and oxygen atoms in total. The van der Waals surface area contributed by atoms with Crippen molar-refractivity contribution in [2.45, 2.75) is 19.4 Å². The molecule has 0 radical (unpaired) electrons. The minimum atomic E-state index is 0.417. The first-order valence-corrected chi connectivity index (χ1v) is 3.26. The van der Waals surface area contributed by atoms with Crippen molar-refractivity contribution < 1.29 is 0 Å². The topological polar surface area (TPSA) is 15.3 Å². The van der Waals surface area contributed by atoms with Crippen LogP contribution in [0.4, 0.5) is 0 Å². The molecule has 0 aromatic carbocycles. The molecule has 0 aliphatic heterocycles. The Hall–Kier alpha value is -0.340. The summed E-state index contributed by atoms with van der Waals surface area (Å²) in [5.41, 5.74) is 3.19. The van der Waals surface area contributed by atoms with E-state index in [0.717, 1.165) is 6.42 Å². The Morgan fingerprint density at radius 1 is 1.67 bits per heavy atom. The summed E-state index contributed by atoms with van der Waals surface area (Å²) in [6.07, 6.45) is 3.00. The van der Waals surface area contributed by atoms with E-state index in [1.165, 1.54) is 0 Å². The zero-order chi connectivity index (χ0) is 7.28. The predicted molar refractivity (Wildman–Crippen MR) is 41.1 cm³/mol. The highest BCUT2D eigenvalue weighted by molar-refractivity contribution is 4.82. The van der Waals surface area contributed by atoms with Gasteiger partial charge < -0.3 is 0 Å². The number of hydrazine groups is 1. The molecule has 0 spiro atoms. The van der Waals surface area contributed by atoms with Gasteiger partial charge in [0.05, 0.1) is 0 Å². The maximum absolute atomic E-state index is 3.70. The van der Waals surface area contributed by atoms with Gasteiger partial charge in [0.2, 0.25) is 0 Å². The summed E-state index contributed by atoms with van der Waals surface area (Å²) in [5.74, 6) is 0. The number of nitrogens with zero attached hydrogens (tertiary/aromatic N) is 1. The molecule has 0 aromatic heterocycles. The number of hydrogen-bond donors (Lipinski definition) is 1. The van der Waals surface area contributed by atoms with E-state index in [-0.39, 0.29) is 0 Å². The quantitative estimate of drug-likeness (QED) is 0.449. The lowest BCUT2D eigenvalue weighted by molar-refractivity contribution is 0.260. The van der Waals surface area contributed by atoms with Gasteiger partial charge in [0.1, 0.15) is 0 Å². The summed E-state index contributed by atoms with van der Waals surface area (Å²) < 4.78 is 0. The second-order valence-corrected chi connectivity index (χ2v) is 2.27. The van der Waals surface area contributed by atoms with Crippen LogP contribution in [0.2, 0.25) is 0 Å². The fourth-order valence-corrected chi connectivity index (χ4v) is 0.642.